The molecule has 1 amide bonds. The highest BCUT2D eigenvalue weighted by Crippen LogP contribution is 2.28. The normalized spacial score (nSPS) is 11.0. The quantitative estimate of drug-likeness (QED) is 0.207. The Morgan fingerprint density at radius 3 is 2.70 bits per heavy atom. The second-order valence-corrected chi connectivity index (χ2v) is 8.20. The van der Waals surface area contributed by atoms with Crippen LogP contribution in [0.3, 0.4) is 0 Å². The molecule has 4 aromatic carbocycles. The summed E-state index contributed by atoms with van der Waals surface area (Å²) in [5.74, 6) is 0.956. The molecule has 1 N–H and O–H groups in total. The zero-order valence-electron chi connectivity index (χ0n) is 20.1. The van der Waals surface area contributed by atoms with Crippen LogP contribution in [0.2, 0.25) is 0 Å². The van der Waals surface area contributed by atoms with Gasteiger partial charge in [-0.05, 0) is 54.1 Å². The minimum absolute atomic E-state index is 0.142. The van der Waals surface area contributed by atoms with Gasteiger partial charge < -0.3 is 13.9 Å². The number of nitrogens with one attached hydrogen (secondary N) is 1. The summed E-state index contributed by atoms with van der Waals surface area (Å²) < 4.78 is 17.3. The zero-order valence-corrected chi connectivity index (χ0v) is 20.1. The SMILES string of the molecule is CCOc1ccc2oc(C(=O)N/N=C/c3c(OCc4ccccc4C#N)ccc4ccccc34)cc2c1. The van der Waals surface area contributed by atoms with E-state index in [1.807, 2.05) is 67.6 Å². The first-order valence-corrected chi connectivity index (χ1v) is 11.8. The molecule has 1 aromatic heterocycles. The Morgan fingerprint density at radius 1 is 1.00 bits per heavy atom. The van der Waals surface area contributed by atoms with Crippen molar-refractivity contribution in [2.24, 2.45) is 5.10 Å². The van der Waals surface area contributed by atoms with Crippen molar-refractivity contribution in [2.45, 2.75) is 13.5 Å². The Morgan fingerprint density at radius 2 is 1.84 bits per heavy atom. The van der Waals surface area contributed by atoms with Gasteiger partial charge in [0, 0.05) is 16.5 Å². The summed E-state index contributed by atoms with van der Waals surface area (Å²) in [5.41, 5.74) is 5.17. The second kappa shape index (κ2) is 10.7. The molecule has 0 aliphatic carbocycles. The number of nitrogens with zero attached hydrogens (tertiary/aromatic N) is 2. The summed E-state index contributed by atoms with van der Waals surface area (Å²) >= 11 is 0. The molecule has 0 radical (unpaired) electrons. The topological polar surface area (TPSA) is 96.8 Å². The van der Waals surface area contributed by atoms with E-state index < -0.39 is 5.91 Å². The lowest BCUT2D eigenvalue weighted by Crippen LogP contribution is -2.16. The van der Waals surface area contributed by atoms with Crippen molar-refractivity contribution in [3.05, 3.63) is 107 Å². The van der Waals surface area contributed by atoms with E-state index in [1.165, 1.54) is 0 Å². The third-order valence-electron chi connectivity index (χ3n) is 5.83. The van der Waals surface area contributed by atoms with Crippen LogP contribution in [0.15, 0.2) is 94.4 Å². The Labute approximate surface area is 213 Å². The van der Waals surface area contributed by atoms with Crippen molar-refractivity contribution in [3.8, 4) is 17.6 Å². The number of benzene rings is 4. The largest absolute Gasteiger partial charge is 0.494 e. The van der Waals surface area contributed by atoms with Gasteiger partial charge in [-0.2, -0.15) is 10.4 Å². The van der Waals surface area contributed by atoms with Crippen molar-refractivity contribution in [2.75, 3.05) is 6.61 Å². The van der Waals surface area contributed by atoms with Gasteiger partial charge in [0.25, 0.3) is 0 Å². The van der Waals surface area contributed by atoms with Crippen molar-refractivity contribution in [1.29, 1.82) is 5.26 Å². The van der Waals surface area contributed by atoms with Crippen molar-refractivity contribution in [3.63, 3.8) is 0 Å². The van der Waals surface area contributed by atoms with Gasteiger partial charge in [-0.15, -0.1) is 0 Å². The lowest BCUT2D eigenvalue weighted by molar-refractivity contribution is 0.0929. The van der Waals surface area contributed by atoms with Gasteiger partial charge in [0.2, 0.25) is 0 Å². The first-order chi connectivity index (χ1) is 18.2. The summed E-state index contributed by atoms with van der Waals surface area (Å²) in [4.78, 5) is 12.7. The predicted molar refractivity (Wildman–Crippen MR) is 142 cm³/mol. The number of ether oxygens (including phenoxy) is 2. The van der Waals surface area contributed by atoms with Crippen LogP contribution in [-0.4, -0.2) is 18.7 Å². The van der Waals surface area contributed by atoms with E-state index >= 15 is 0 Å². The standard InChI is InChI=1S/C30H23N3O4/c1-2-35-24-12-14-27-23(15-24)16-29(37-27)30(34)33-32-18-26-25-10-6-5-7-20(25)11-13-28(26)36-19-22-9-4-3-8-21(22)17-31/h3-16,18H,2,19H2,1H3,(H,33,34)/b32-18+. The summed E-state index contributed by atoms with van der Waals surface area (Å²) in [7, 11) is 0. The zero-order chi connectivity index (χ0) is 25.6. The first kappa shape index (κ1) is 23.6. The van der Waals surface area contributed by atoms with Crippen LogP contribution in [0.25, 0.3) is 21.7 Å². The summed E-state index contributed by atoms with van der Waals surface area (Å²) in [6.07, 6.45) is 1.56. The van der Waals surface area contributed by atoms with E-state index in [0.717, 1.165) is 21.7 Å². The van der Waals surface area contributed by atoms with Crippen LogP contribution < -0.4 is 14.9 Å². The molecule has 0 atom stereocenters. The minimum Gasteiger partial charge on any atom is -0.494 e. The third kappa shape index (κ3) is 5.14. The average molecular weight is 490 g/mol. The molecule has 0 saturated heterocycles. The van der Waals surface area contributed by atoms with E-state index in [2.05, 4.69) is 16.6 Å². The summed E-state index contributed by atoms with van der Waals surface area (Å²) in [6, 6.07) is 28.2. The number of carbonyl (C=O) groups excluding carboxylic acids is 1. The molecule has 0 saturated carbocycles. The van der Waals surface area contributed by atoms with Crippen molar-refractivity contribution < 1.29 is 18.7 Å². The molecule has 182 valence electrons. The number of nitriles is 1. The second-order valence-electron chi connectivity index (χ2n) is 8.20. The van der Waals surface area contributed by atoms with E-state index in [-0.39, 0.29) is 12.4 Å². The molecule has 5 aromatic rings. The predicted octanol–water partition coefficient (Wildman–Crippen LogP) is 6.20. The highest BCUT2D eigenvalue weighted by Gasteiger charge is 2.13. The number of hydrogen-bond acceptors (Lipinski definition) is 6. The van der Waals surface area contributed by atoms with E-state index in [4.69, 9.17) is 13.9 Å². The molecule has 0 aliphatic rings. The Hall–Kier alpha value is -5.09. The van der Waals surface area contributed by atoms with E-state index in [9.17, 15) is 10.1 Å². The lowest BCUT2D eigenvalue weighted by Gasteiger charge is -2.12. The Balaban J connectivity index is 1.38. The van der Waals surface area contributed by atoms with Gasteiger partial charge in [-0.3, -0.25) is 4.79 Å². The molecular formula is C30H23N3O4. The summed E-state index contributed by atoms with van der Waals surface area (Å²) in [5, 5.41) is 16.3. The van der Waals surface area contributed by atoms with Gasteiger partial charge in [-0.1, -0.05) is 48.5 Å². The maximum Gasteiger partial charge on any atom is 0.307 e. The van der Waals surface area contributed by atoms with Crippen LogP contribution in [0.4, 0.5) is 0 Å². The number of hydrogen-bond donors (Lipinski definition) is 1. The smallest absolute Gasteiger partial charge is 0.307 e. The molecule has 7 heteroatoms. The molecule has 0 bridgehead atoms. The molecule has 0 spiro atoms. The van der Waals surface area contributed by atoms with Crippen LogP contribution >= 0.6 is 0 Å². The molecule has 0 fully saturated rings. The van der Waals surface area contributed by atoms with E-state index in [0.29, 0.717) is 34.8 Å². The maximum absolute atomic E-state index is 12.7. The number of rotatable bonds is 8. The molecule has 0 unspecified atom stereocenters. The maximum atomic E-state index is 12.7. The lowest BCUT2D eigenvalue weighted by atomic mass is 10.0. The Bertz CT molecular complexity index is 1660. The summed E-state index contributed by atoms with van der Waals surface area (Å²) in [6.45, 7) is 2.68. The molecule has 7 nitrogen and oxygen atoms in total. The number of amides is 1. The van der Waals surface area contributed by atoms with Gasteiger partial charge in [0.1, 0.15) is 23.7 Å². The van der Waals surface area contributed by atoms with E-state index in [1.54, 1.807) is 30.5 Å². The van der Waals surface area contributed by atoms with Gasteiger partial charge in [0.15, 0.2) is 5.76 Å². The van der Waals surface area contributed by atoms with Crippen LogP contribution in [-0.2, 0) is 6.61 Å². The molecule has 5 rings (SSSR count). The van der Waals surface area contributed by atoms with Gasteiger partial charge >= 0.3 is 5.91 Å². The van der Waals surface area contributed by atoms with Crippen LogP contribution in [0, 0.1) is 11.3 Å². The Kier molecular flexibility index (Phi) is 6.82. The number of carbonyl (C=O) groups is 1. The minimum atomic E-state index is -0.476. The van der Waals surface area contributed by atoms with Crippen molar-refractivity contribution >= 4 is 33.9 Å². The van der Waals surface area contributed by atoms with Crippen molar-refractivity contribution in [1.82, 2.24) is 5.43 Å². The third-order valence-corrected chi connectivity index (χ3v) is 5.83. The first-order valence-electron chi connectivity index (χ1n) is 11.8. The average Bonchev–Trinajstić information content (AvgIpc) is 3.36. The molecule has 1 heterocycles. The molecule has 0 aliphatic heterocycles. The fourth-order valence-electron chi connectivity index (χ4n) is 4.05. The number of hydrazone groups is 1. The molecular weight excluding hydrogens is 466 g/mol. The highest BCUT2D eigenvalue weighted by molar-refractivity contribution is 6.03. The number of furan rings is 1. The highest BCUT2D eigenvalue weighted by atomic mass is 16.5. The van der Waals surface area contributed by atoms with Gasteiger partial charge in [-0.25, -0.2) is 5.43 Å². The molecule has 37 heavy (non-hydrogen) atoms. The van der Waals surface area contributed by atoms with Crippen LogP contribution in [0.1, 0.15) is 34.2 Å². The van der Waals surface area contributed by atoms with Gasteiger partial charge in [0.05, 0.1) is 24.5 Å². The van der Waals surface area contributed by atoms with Crippen LogP contribution in [0.5, 0.6) is 11.5 Å². The fourth-order valence-corrected chi connectivity index (χ4v) is 4.05. The monoisotopic (exact) mass is 489 g/mol. The fraction of sp³-hybridized carbons (Fsp3) is 0.100. The number of fused-ring (bicyclic) bond motifs is 2.